The predicted octanol–water partition coefficient (Wildman–Crippen LogP) is 3.89. The molecule has 122 valence electrons. The summed E-state index contributed by atoms with van der Waals surface area (Å²) in [6, 6.07) is 9.69. The average Bonchev–Trinajstić information content (AvgIpc) is 2.53. The van der Waals surface area contributed by atoms with Crippen LogP contribution in [0.5, 0.6) is 5.75 Å². The maximum Gasteiger partial charge on any atom is 0.573 e. The fourth-order valence-corrected chi connectivity index (χ4v) is 2.22. The summed E-state index contributed by atoms with van der Waals surface area (Å²) < 4.78 is 40.8. The molecule has 0 aliphatic heterocycles. The van der Waals surface area contributed by atoms with Gasteiger partial charge in [-0.2, -0.15) is 0 Å². The quantitative estimate of drug-likeness (QED) is 0.786. The molecule has 0 radical (unpaired) electrons. The third-order valence-electron chi connectivity index (χ3n) is 3.17. The summed E-state index contributed by atoms with van der Waals surface area (Å²) in [6.07, 6.45) is -3.33. The van der Waals surface area contributed by atoms with E-state index in [0.717, 1.165) is 12.1 Å². The summed E-state index contributed by atoms with van der Waals surface area (Å²) in [5.41, 5.74) is 0.806. The molecule has 0 bridgehead atoms. The van der Waals surface area contributed by atoms with E-state index in [0.29, 0.717) is 11.4 Å². The fourth-order valence-electron chi connectivity index (χ4n) is 2.22. The van der Waals surface area contributed by atoms with Crippen LogP contribution in [0.4, 0.5) is 13.2 Å². The van der Waals surface area contributed by atoms with E-state index < -0.39 is 18.1 Å². The van der Waals surface area contributed by atoms with E-state index in [-0.39, 0.29) is 16.5 Å². The molecule has 0 fully saturated rings. The molecule has 2 heterocycles. The van der Waals surface area contributed by atoms with Gasteiger partial charge in [-0.3, -0.25) is 4.98 Å². The van der Waals surface area contributed by atoms with E-state index in [9.17, 15) is 23.1 Å². The molecular formula is C16H9F3N2O3. The second kappa shape index (κ2) is 5.80. The lowest BCUT2D eigenvalue weighted by atomic mass is 10.1. The Bertz CT molecular complexity index is 912. The molecule has 24 heavy (non-hydrogen) atoms. The summed E-state index contributed by atoms with van der Waals surface area (Å²) in [5, 5.41) is 9.41. The number of nitrogens with zero attached hydrogens (tertiary/aromatic N) is 2. The van der Waals surface area contributed by atoms with E-state index in [1.54, 1.807) is 18.2 Å². The van der Waals surface area contributed by atoms with Crippen LogP contribution < -0.4 is 4.74 Å². The molecule has 3 rings (SSSR count). The number of halogens is 3. The van der Waals surface area contributed by atoms with Crippen molar-refractivity contribution in [1.29, 1.82) is 0 Å². The maximum atomic E-state index is 12.3. The summed E-state index contributed by atoms with van der Waals surface area (Å²) in [4.78, 5) is 19.8. The number of benzene rings is 1. The number of fused-ring (bicyclic) bond motifs is 1. The summed E-state index contributed by atoms with van der Waals surface area (Å²) in [6.45, 7) is 0. The number of hydrogen-bond donors (Lipinski definition) is 1. The number of carboxylic acid groups (broad SMARTS) is 1. The van der Waals surface area contributed by atoms with Crippen LogP contribution in [0.1, 0.15) is 10.4 Å². The van der Waals surface area contributed by atoms with Crippen molar-refractivity contribution >= 4 is 16.9 Å². The lowest BCUT2D eigenvalue weighted by Crippen LogP contribution is -2.17. The normalized spacial score (nSPS) is 11.5. The van der Waals surface area contributed by atoms with Crippen LogP contribution in [-0.4, -0.2) is 27.4 Å². The van der Waals surface area contributed by atoms with Gasteiger partial charge < -0.3 is 9.84 Å². The topological polar surface area (TPSA) is 72.3 Å². The third kappa shape index (κ3) is 3.27. The van der Waals surface area contributed by atoms with Crippen molar-refractivity contribution in [2.45, 2.75) is 6.36 Å². The van der Waals surface area contributed by atoms with Gasteiger partial charge in [-0.1, -0.05) is 6.07 Å². The molecule has 0 saturated carbocycles. The summed E-state index contributed by atoms with van der Waals surface area (Å²) in [5.74, 6) is -1.80. The predicted molar refractivity (Wildman–Crippen MR) is 78.6 cm³/mol. The molecular weight excluding hydrogens is 325 g/mol. The highest BCUT2D eigenvalue weighted by atomic mass is 19.4. The highest BCUT2D eigenvalue weighted by molar-refractivity contribution is 6.04. The molecule has 3 aromatic rings. The number of pyridine rings is 2. The molecule has 5 nitrogen and oxygen atoms in total. The van der Waals surface area contributed by atoms with Gasteiger partial charge >= 0.3 is 12.3 Å². The minimum atomic E-state index is -4.86. The summed E-state index contributed by atoms with van der Waals surface area (Å²) >= 11 is 0. The van der Waals surface area contributed by atoms with Crippen LogP contribution in [0.3, 0.4) is 0 Å². The maximum absolute atomic E-state index is 12.3. The molecule has 2 aromatic heterocycles. The van der Waals surface area contributed by atoms with Gasteiger partial charge in [-0.15, -0.1) is 13.2 Å². The van der Waals surface area contributed by atoms with E-state index in [1.807, 2.05) is 0 Å². The van der Waals surface area contributed by atoms with Crippen molar-refractivity contribution in [3.05, 3.63) is 54.2 Å². The van der Waals surface area contributed by atoms with Gasteiger partial charge in [-0.25, -0.2) is 9.78 Å². The van der Waals surface area contributed by atoms with Crippen LogP contribution in [0.2, 0.25) is 0 Å². The second-order valence-electron chi connectivity index (χ2n) is 4.80. The van der Waals surface area contributed by atoms with Gasteiger partial charge in [0.2, 0.25) is 0 Å². The monoisotopic (exact) mass is 334 g/mol. The Morgan fingerprint density at radius 3 is 2.50 bits per heavy atom. The number of hydrogen-bond acceptors (Lipinski definition) is 4. The minimum absolute atomic E-state index is 0.0453. The van der Waals surface area contributed by atoms with Crippen molar-refractivity contribution < 1.29 is 27.8 Å². The van der Waals surface area contributed by atoms with Crippen molar-refractivity contribution in [3.8, 4) is 17.1 Å². The van der Waals surface area contributed by atoms with Crippen LogP contribution >= 0.6 is 0 Å². The molecule has 0 amide bonds. The Kier molecular flexibility index (Phi) is 3.80. The van der Waals surface area contributed by atoms with E-state index >= 15 is 0 Å². The molecule has 1 N–H and O–H groups in total. The second-order valence-corrected chi connectivity index (χ2v) is 4.80. The van der Waals surface area contributed by atoms with Crippen LogP contribution in [0.25, 0.3) is 22.3 Å². The van der Waals surface area contributed by atoms with Crippen LogP contribution in [-0.2, 0) is 0 Å². The first-order valence-electron chi connectivity index (χ1n) is 6.69. The Hall–Kier alpha value is -3.16. The van der Waals surface area contributed by atoms with Crippen molar-refractivity contribution in [2.24, 2.45) is 0 Å². The number of aromatic nitrogens is 2. The molecule has 0 saturated heterocycles. The Morgan fingerprint density at radius 2 is 1.88 bits per heavy atom. The first-order chi connectivity index (χ1) is 11.3. The van der Waals surface area contributed by atoms with Gasteiger partial charge in [0.15, 0.2) is 0 Å². The molecule has 0 unspecified atom stereocenters. The molecule has 0 aliphatic carbocycles. The van der Waals surface area contributed by atoms with E-state index in [1.165, 1.54) is 18.3 Å². The molecule has 8 heteroatoms. The first-order valence-corrected chi connectivity index (χ1v) is 6.69. The van der Waals surface area contributed by atoms with Gasteiger partial charge in [0.05, 0.1) is 22.5 Å². The standard InChI is InChI=1S/C16H9F3N2O3/c17-16(18,19)24-9-4-5-12-10(7-9)11(15(22)23)8-14(21-12)13-3-1-2-6-20-13/h1-8H,(H,22,23). The summed E-state index contributed by atoms with van der Waals surface area (Å²) in [7, 11) is 0. The van der Waals surface area contributed by atoms with Gasteiger partial charge in [0, 0.05) is 11.6 Å². The molecule has 0 atom stereocenters. The van der Waals surface area contributed by atoms with Crippen molar-refractivity contribution in [2.75, 3.05) is 0 Å². The number of rotatable bonds is 3. The van der Waals surface area contributed by atoms with Crippen molar-refractivity contribution in [3.63, 3.8) is 0 Å². The molecule has 0 aliphatic rings. The zero-order chi connectivity index (χ0) is 17.3. The highest BCUT2D eigenvalue weighted by Gasteiger charge is 2.31. The number of alkyl halides is 3. The largest absolute Gasteiger partial charge is 0.573 e. The van der Waals surface area contributed by atoms with Gasteiger partial charge in [0.25, 0.3) is 0 Å². The van der Waals surface area contributed by atoms with Gasteiger partial charge in [0.1, 0.15) is 5.75 Å². The first kappa shape index (κ1) is 15.7. The van der Waals surface area contributed by atoms with E-state index in [4.69, 9.17) is 0 Å². The van der Waals surface area contributed by atoms with E-state index in [2.05, 4.69) is 14.7 Å². The zero-order valence-electron chi connectivity index (χ0n) is 11.9. The zero-order valence-corrected chi connectivity index (χ0v) is 11.9. The Morgan fingerprint density at radius 1 is 1.08 bits per heavy atom. The Labute approximate surface area is 133 Å². The van der Waals surface area contributed by atoms with Crippen LogP contribution in [0.15, 0.2) is 48.7 Å². The number of carbonyl (C=O) groups is 1. The average molecular weight is 334 g/mol. The van der Waals surface area contributed by atoms with Crippen LogP contribution in [0, 0.1) is 0 Å². The number of aromatic carboxylic acids is 1. The molecule has 0 spiro atoms. The van der Waals surface area contributed by atoms with Gasteiger partial charge in [-0.05, 0) is 36.4 Å². The Balaban J connectivity index is 2.18. The lowest BCUT2D eigenvalue weighted by molar-refractivity contribution is -0.274. The highest BCUT2D eigenvalue weighted by Crippen LogP contribution is 2.29. The molecule has 1 aromatic carbocycles. The SMILES string of the molecule is O=C(O)c1cc(-c2ccccn2)nc2ccc(OC(F)(F)F)cc12. The smallest absolute Gasteiger partial charge is 0.478 e. The number of carboxylic acids is 1. The third-order valence-corrected chi connectivity index (χ3v) is 3.17. The lowest BCUT2D eigenvalue weighted by Gasteiger charge is -2.11. The van der Waals surface area contributed by atoms with Crippen molar-refractivity contribution in [1.82, 2.24) is 9.97 Å². The fraction of sp³-hybridized carbons (Fsp3) is 0.0625. The number of ether oxygens (including phenoxy) is 1. The minimum Gasteiger partial charge on any atom is -0.478 e.